The molecular weight excluding hydrogens is 314 g/mol. The van der Waals surface area contributed by atoms with Crippen LogP contribution in [0.4, 0.5) is 0 Å². The molecule has 1 aliphatic rings. The molecule has 0 amide bonds. The molecule has 1 atom stereocenters. The van der Waals surface area contributed by atoms with Crippen LogP contribution in [0.2, 0.25) is 0 Å². The molecule has 146 valence electrons. The highest BCUT2D eigenvalue weighted by atomic mass is 16.5. The maximum atomic E-state index is 9.45. The quantitative estimate of drug-likeness (QED) is 0.230. The lowest BCUT2D eigenvalue weighted by molar-refractivity contribution is -0.0990. The molecular formula is C21H39NO3. The van der Waals surface area contributed by atoms with Crippen LogP contribution in [0.15, 0.2) is 17.1 Å². The van der Waals surface area contributed by atoms with E-state index < -0.39 is 11.8 Å². The molecule has 2 N–H and O–H groups in total. The van der Waals surface area contributed by atoms with Crippen molar-refractivity contribution in [1.82, 2.24) is 0 Å². The van der Waals surface area contributed by atoms with Crippen molar-refractivity contribution < 1.29 is 14.9 Å². The van der Waals surface area contributed by atoms with Crippen LogP contribution in [0.5, 0.6) is 0 Å². The minimum Gasteiger partial charge on any atom is -0.481 e. The summed E-state index contributed by atoms with van der Waals surface area (Å²) >= 11 is 0. The molecule has 0 aromatic carbocycles. The molecule has 4 heteroatoms. The zero-order valence-electron chi connectivity index (χ0n) is 16.2. The molecule has 25 heavy (non-hydrogen) atoms. The highest BCUT2D eigenvalue weighted by Crippen LogP contribution is 2.24. The van der Waals surface area contributed by atoms with Gasteiger partial charge in [-0.05, 0) is 19.3 Å². The fourth-order valence-corrected chi connectivity index (χ4v) is 3.23. The van der Waals surface area contributed by atoms with E-state index in [0.29, 0.717) is 6.42 Å². The van der Waals surface area contributed by atoms with Gasteiger partial charge in [0.25, 0.3) is 0 Å². The number of aliphatic hydroxyl groups is 2. The van der Waals surface area contributed by atoms with Gasteiger partial charge in [-0.3, -0.25) is 0 Å². The predicted molar refractivity (Wildman–Crippen MR) is 105 cm³/mol. The second-order valence-electron chi connectivity index (χ2n) is 7.38. The monoisotopic (exact) mass is 353 g/mol. The topological polar surface area (TPSA) is 62.0 Å². The Bertz CT molecular complexity index is 368. The maximum Gasteiger partial charge on any atom is 0.181 e. The molecule has 0 aromatic rings. The zero-order valence-corrected chi connectivity index (χ0v) is 16.2. The molecule has 0 saturated carbocycles. The van der Waals surface area contributed by atoms with E-state index in [0.717, 1.165) is 6.42 Å². The molecule has 0 radical (unpaired) electrons. The van der Waals surface area contributed by atoms with Crippen molar-refractivity contribution in [3.05, 3.63) is 12.2 Å². The Morgan fingerprint density at radius 3 is 1.96 bits per heavy atom. The van der Waals surface area contributed by atoms with Crippen LogP contribution in [-0.4, -0.2) is 35.0 Å². The molecule has 1 unspecified atom stereocenters. The largest absolute Gasteiger partial charge is 0.481 e. The first-order valence-corrected chi connectivity index (χ1v) is 10.4. The minimum absolute atomic E-state index is 0.244. The van der Waals surface area contributed by atoms with Crippen molar-refractivity contribution in [3.8, 4) is 0 Å². The molecule has 0 spiro atoms. The first-order chi connectivity index (χ1) is 12.2. The number of rotatable bonds is 16. The molecule has 0 bridgehead atoms. The van der Waals surface area contributed by atoms with E-state index in [4.69, 9.17) is 4.74 Å². The number of hydrogen-bond acceptors (Lipinski definition) is 4. The van der Waals surface area contributed by atoms with Gasteiger partial charge in [0.1, 0.15) is 6.61 Å². The van der Waals surface area contributed by atoms with Gasteiger partial charge >= 0.3 is 0 Å². The second kappa shape index (κ2) is 14.3. The van der Waals surface area contributed by atoms with Crippen molar-refractivity contribution in [2.75, 3.05) is 6.61 Å². The van der Waals surface area contributed by atoms with E-state index in [1.807, 2.05) is 6.08 Å². The Morgan fingerprint density at radius 1 is 0.920 bits per heavy atom. The Balaban J connectivity index is 1.88. The number of aliphatic imine (C=N–C) groups is 1. The number of unbranched alkanes of at least 4 members (excludes halogenated alkanes) is 12. The molecule has 0 saturated heterocycles. The summed E-state index contributed by atoms with van der Waals surface area (Å²) in [6.45, 7) is 2.51. The van der Waals surface area contributed by atoms with Gasteiger partial charge in [0.05, 0.1) is 0 Å². The number of aliphatic hydroxyl groups excluding tert-OH is 1. The highest BCUT2D eigenvalue weighted by Gasteiger charge is 2.39. The molecule has 4 nitrogen and oxygen atoms in total. The van der Waals surface area contributed by atoms with Crippen LogP contribution in [0.25, 0.3) is 0 Å². The molecule has 0 fully saturated rings. The van der Waals surface area contributed by atoms with Gasteiger partial charge in [0.15, 0.2) is 18.2 Å². The standard InChI is InChI=1S/C21H39NO3/c1-2-3-4-5-6-7-8-9-10-11-12-13-14-15-16-17-21(20(23)24)18-25-19-22-21/h15-16,19-20,23-24H,2-14,17-18H2,1H3. The lowest BCUT2D eigenvalue weighted by Crippen LogP contribution is -2.41. The van der Waals surface area contributed by atoms with Gasteiger partial charge in [0.2, 0.25) is 0 Å². The number of hydrogen-bond donors (Lipinski definition) is 2. The SMILES string of the molecule is CCCCCCCCCCCCCCC=CCC1(C(O)O)COC=N1. The van der Waals surface area contributed by atoms with Crippen LogP contribution in [0, 0.1) is 0 Å². The van der Waals surface area contributed by atoms with Crippen LogP contribution in [-0.2, 0) is 4.74 Å². The normalized spacial score (nSPS) is 20.0. The molecule has 1 heterocycles. The molecule has 0 aromatic heterocycles. The summed E-state index contributed by atoms with van der Waals surface area (Å²) in [6.07, 6.45) is 22.0. The van der Waals surface area contributed by atoms with Crippen LogP contribution >= 0.6 is 0 Å². The lowest BCUT2D eigenvalue weighted by Gasteiger charge is -2.24. The Morgan fingerprint density at radius 2 is 1.48 bits per heavy atom. The van der Waals surface area contributed by atoms with Crippen LogP contribution < -0.4 is 0 Å². The van der Waals surface area contributed by atoms with E-state index in [-0.39, 0.29) is 6.61 Å². The third-order valence-electron chi connectivity index (χ3n) is 5.06. The summed E-state index contributed by atoms with van der Waals surface area (Å²) in [4.78, 5) is 4.07. The van der Waals surface area contributed by atoms with Gasteiger partial charge in [-0.1, -0.05) is 89.7 Å². The van der Waals surface area contributed by atoms with Crippen molar-refractivity contribution in [2.24, 2.45) is 4.99 Å². The minimum atomic E-state index is -1.47. The average Bonchev–Trinajstić information content (AvgIpc) is 3.08. The van der Waals surface area contributed by atoms with E-state index in [9.17, 15) is 10.2 Å². The summed E-state index contributed by atoms with van der Waals surface area (Å²) in [5.41, 5.74) is -0.896. The number of ether oxygens (including phenoxy) is 1. The third kappa shape index (κ3) is 10.0. The van der Waals surface area contributed by atoms with Crippen LogP contribution in [0.1, 0.15) is 96.8 Å². The fraction of sp³-hybridized carbons (Fsp3) is 0.857. The zero-order chi connectivity index (χ0) is 18.2. The fourth-order valence-electron chi connectivity index (χ4n) is 3.23. The second-order valence-corrected chi connectivity index (χ2v) is 7.38. The van der Waals surface area contributed by atoms with E-state index in [1.165, 1.54) is 83.5 Å². The van der Waals surface area contributed by atoms with Crippen molar-refractivity contribution in [3.63, 3.8) is 0 Å². The third-order valence-corrected chi connectivity index (χ3v) is 5.06. The van der Waals surface area contributed by atoms with Gasteiger partial charge in [0, 0.05) is 0 Å². The van der Waals surface area contributed by atoms with Crippen molar-refractivity contribution in [2.45, 2.75) is 109 Å². The molecule has 1 rings (SSSR count). The van der Waals surface area contributed by atoms with Gasteiger partial charge in [-0.15, -0.1) is 0 Å². The summed E-state index contributed by atoms with van der Waals surface area (Å²) in [5, 5.41) is 18.9. The predicted octanol–water partition coefficient (Wildman–Crippen LogP) is 5.13. The molecule has 1 aliphatic heterocycles. The summed E-state index contributed by atoms with van der Waals surface area (Å²) in [6, 6.07) is 0. The Kier molecular flexibility index (Phi) is 12.7. The number of allylic oxidation sites excluding steroid dienone is 1. The van der Waals surface area contributed by atoms with Crippen molar-refractivity contribution >= 4 is 6.40 Å². The summed E-state index contributed by atoms with van der Waals surface area (Å²) < 4.78 is 5.05. The molecule has 0 aliphatic carbocycles. The summed E-state index contributed by atoms with van der Waals surface area (Å²) in [7, 11) is 0. The van der Waals surface area contributed by atoms with Gasteiger partial charge in [-0.25, -0.2) is 4.99 Å². The number of nitrogens with zero attached hydrogens (tertiary/aromatic N) is 1. The van der Waals surface area contributed by atoms with Crippen LogP contribution in [0.3, 0.4) is 0 Å². The first-order valence-electron chi connectivity index (χ1n) is 10.4. The Hall–Kier alpha value is -0.870. The van der Waals surface area contributed by atoms with Crippen molar-refractivity contribution in [1.29, 1.82) is 0 Å². The Labute approximate surface area is 154 Å². The lowest BCUT2D eigenvalue weighted by atomic mass is 9.96. The van der Waals surface area contributed by atoms with Gasteiger partial charge in [-0.2, -0.15) is 0 Å². The van der Waals surface area contributed by atoms with E-state index >= 15 is 0 Å². The summed E-state index contributed by atoms with van der Waals surface area (Å²) in [5.74, 6) is 0. The average molecular weight is 354 g/mol. The van der Waals surface area contributed by atoms with E-state index in [2.05, 4.69) is 18.0 Å². The smallest absolute Gasteiger partial charge is 0.181 e. The van der Waals surface area contributed by atoms with E-state index in [1.54, 1.807) is 0 Å². The highest BCUT2D eigenvalue weighted by molar-refractivity contribution is 5.50. The van der Waals surface area contributed by atoms with Gasteiger partial charge < -0.3 is 14.9 Å². The first kappa shape index (κ1) is 22.2. The maximum absolute atomic E-state index is 9.45.